The Balaban J connectivity index is 1.04. The molecule has 1 amide bonds. The van der Waals surface area contributed by atoms with Crippen molar-refractivity contribution in [1.82, 2.24) is 0 Å². The minimum atomic E-state index is -1.65. The van der Waals surface area contributed by atoms with Gasteiger partial charge in [-0.05, 0) is 115 Å². The average Bonchev–Trinajstić information content (AvgIpc) is 3.46. The summed E-state index contributed by atoms with van der Waals surface area (Å²) < 4.78 is 4.97. The summed E-state index contributed by atoms with van der Waals surface area (Å²) in [6.45, 7) is 0.331. The van der Waals surface area contributed by atoms with Crippen LogP contribution in [0.3, 0.4) is 0 Å². The zero-order chi connectivity index (χ0) is 28.4. The van der Waals surface area contributed by atoms with Gasteiger partial charge in [-0.2, -0.15) is 0 Å². The number of aliphatic hydroxyl groups is 2. The zero-order valence-corrected chi connectivity index (χ0v) is 23.8. The highest BCUT2D eigenvalue weighted by molar-refractivity contribution is 5.91. The summed E-state index contributed by atoms with van der Waals surface area (Å²) in [6.07, 6.45) is 5.86. The molecule has 4 N–H and O–H groups in total. The SMILES string of the molecule is COCCC(=O)Nc1ccc(C(O)O)c(Nc2ccc(N(C)c3ccc(C45CC6CC7CC(C4)C75C6)cc3)cc2)c1. The molecule has 4 fully saturated rings. The van der Waals surface area contributed by atoms with Crippen LogP contribution in [-0.4, -0.2) is 36.9 Å². The number of carbonyl (C=O) groups excluding carboxylic acids is 1. The van der Waals surface area contributed by atoms with Crippen LogP contribution >= 0.6 is 0 Å². The molecule has 0 aromatic heterocycles. The van der Waals surface area contributed by atoms with Crippen molar-refractivity contribution in [3.05, 3.63) is 77.9 Å². The molecule has 7 heteroatoms. The second-order valence-corrected chi connectivity index (χ2v) is 12.7. The predicted octanol–water partition coefficient (Wildman–Crippen LogP) is 6.23. The molecule has 1 spiro atoms. The first kappa shape index (κ1) is 26.5. The summed E-state index contributed by atoms with van der Waals surface area (Å²) in [5, 5.41) is 25.9. The molecule has 4 saturated carbocycles. The van der Waals surface area contributed by atoms with E-state index in [0.29, 0.717) is 34.4 Å². The van der Waals surface area contributed by atoms with E-state index in [1.54, 1.807) is 30.9 Å². The number of hydrogen-bond acceptors (Lipinski definition) is 6. The van der Waals surface area contributed by atoms with Gasteiger partial charge in [-0.15, -0.1) is 0 Å². The van der Waals surface area contributed by atoms with E-state index < -0.39 is 6.29 Å². The first-order chi connectivity index (χ1) is 19.8. The Labute approximate surface area is 241 Å². The fraction of sp³-hybridized carbons (Fsp3) is 0.441. The molecule has 7 nitrogen and oxygen atoms in total. The summed E-state index contributed by atoms with van der Waals surface area (Å²) in [7, 11) is 3.64. The quantitative estimate of drug-likeness (QED) is 0.222. The van der Waals surface area contributed by atoms with E-state index in [4.69, 9.17) is 4.74 Å². The number of rotatable bonds is 10. The lowest BCUT2D eigenvalue weighted by Gasteiger charge is -2.73. The lowest BCUT2D eigenvalue weighted by Crippen LogP contribution is -2.68. The second-order valence-electron chi connectivity index (χ2n) is 12.7. The van der Waals surface area contributed by atoms with Gasteiger partial charge in [0.1, 0.15) is 0 Å². The Morgan fingerprint density at radius 1 is 0.951 bits per heavy atom. The Kier molecular flexibility index (Phi) is 6.38. The summed E-state index contributed by atoms with van der Waals surface area (Å²) >= 11 is 0. The summed E-state index contributed by atoms with van der Waals surface area (Å²) in [6, 6.07) is 22.3. The topological polar surface area (TPSA) is 94.1 Å². The van der Waals surface area contributed by atoms with E-state index in [1.807, 2.05) is 24.3 Å². The van der Waals surface area contributed by atoms with E-state index in [1.165, 1.54) is 32.1 Å². The maximum atomic E-state index is 12.1. The molecule has 41 heavy (non-hydrogen) atoms. The van der Waals surface area contributed by atoms with E-state index in [2.05, 4.69) is 46.8 Å². The molecule has 5 unspecified atom stereocenters. The van der Waals surface area contributed by atoms with Gasteiger partial charge in [0, 0.05) is 53.6 Å². The van der Waals surface area contributed by atoms with Crippen LogP contribution in [0.4, 0.5) is 28.4 Å². The molecule has 5 atom stereocenters. The first-order valence-corrected chi connectivity index (χ1v) is 14.8. The molecular formula is C34H39N3O4. The van der Waals surface area contributed by atoms with Gasteiger partial charge >= 0.3 is 0 Å². The third kappa shape index (κ3) is 4.09. The standard InChI is InChI=1S/C34H39N3O4/c1-37(27-8-3-22(4-9-27)33-18-21-15-23-16-24(20-33)34(23,33)19-21)28-10-5-25(6-11-28)35-30-17-26(7-12-29(30)32(39)40)36-31(38)13-14-41-2/h3-12,17,21,23-24,32,35,39-40H,13-16,18-20H2,1-2H3,(H,36,38). The molecular weight excluding hydrogens is 514 g/mol. The van der Waals surface area contributed by atoms with Crippen molar-refractivity contribution in [2.75, 3.05) is 36.3 Å². The van der Waals surface area contributed by atoms with Crippen LogP contribution in [0.25, 0.3) is 0 Å². The van der Waals surface area contributed by atoms with Crippen LogP contribution < -0.4 is 15.5 Å². The summed E-state index contributed by atoms with van der Waals surface area (Å²) in [5.41, 5.74) is 7.08. The van der Waals surface area contributed by atoms with Crippen molar-refractivity contribution >= 4 is 34.3 Å². The number of aliphatic hydroxyl groups excluding tert-OH is 1. The molecule has 4 aliphatic carbocycles. The number of fused-ring (bicyclic) bond motifs is 1. The number of anilines is 5. The number of hydrogen-bond donors (Lipinski definition) is 4. The van der Waals surface area contributed by atoms with Gasteiger partial charge in [-0.1, -0.05) is 12.1 Å². The number of nitrogens with zero attached hydrogens (tertiary/aromatic N) is 1. The van der Waals surface area contributed by atoms with Crippen LogP contribution in [0.5, 0.6) is 0 Å². The molecule has 4 aliphatic rings. The molecule has 7 rings (SSSR count). The van der Waals surface area contributed by atoms with Gasteiger partial charge in [0.25, 0.3) is 0 Å². The number of benzene rings is 3. The number of carbonyl (C=O) groups is 1. The van der Waals surface area contributed by atoms with E-state index in [9.17, 15) is 15.0 Å². The fourth-order valence-corrected chi connectivity index (χ4v) is 9.15. The summed E-state index contributed by atoms with van der Waals surface area (Å²) in [4.78, 5) is 14.3. The largest absolute Gasteiger partial charge is 0.384 e. The molecule has 2 bridgehead atoms. The highest BCUT2D eigenvalue weighted by Gasteiger charge is 2.80. The first-order valence-electron chi connectivity index (χ1n) is 14.8. The van der Waals surface area contributed by atoms with E-state index in [0.717, 1.165) is 34.8 Å². The normalized spacial score (nSPS) is 28.6. The lowest BCUT2D eigenvalue weighted by molar-refractivity contribution is -0.198. The number of amides is 1. The van der Waals surface area contributed by atoms with Crippen molar-refractivity contribution in [3.63, 3.8) is 0 Å². The third-order valence-corrected chi connectivity index (χ3v) is 10.9. The summed E-state index contributed by atoms with van der Waals surface area (Å²) in [5.74, 6) is 2.77. The smallest absolute Gasteiger partial charge is 0.226 e. The van der Waals surface area contributed by atoms with Gasteiger partial charge in [0.2, 0.25) is 5.91 Å². The number of ether oxygens (including phenoxy) is 1. The van der Waals surface area contributed by atoms with Crippen LogP contribution in [0, 0.1) is 23.2 Å². The van der Waals surface area contributed by atoms with E-state index in [-0.39, 0.29) is 12.3 Å². The van der Waals surface area contributed by atoms with Crippen molar-refractivity contribution in [2.45, 2.75) is 50.2 Å². The van der Waals surface area contributed by atoms with E-state index >= 15 is 0 Å². The molecule has 3 aromatic carbocycles. The Hall–Kier alpha value is -3.39. The molecule has 0 radical (unpaired) electrons. The Bertz CT molecular complexity index is 1460. The van der Waals surface area contributed by atoms with Crippen LogP contribution in [0.15, 0.2) is 66.7 Å². The maximum absolute atomic E-state index is 12.1. The number of nitrogens with one attached hydrogen (secondary N) is 2. The monoisotopic (exact) mass is 553 g/mol. The van der Waals surface area contributed by atoms with Gasteiger partial charge < -0.3 is 30.5 Å². The highest BCUT2D eigenvalue weighted by Crippen LogP contribution is 2.86. The predicted molar refractivity (Wildman–Crippen MR) is 161 cm³/mol. The van der Waals surface area contributed by atoms with Crippen LogP contribution in [0.1, 0.15) is 55.9 Å². The second kappa shape index (κ2) is 9.86. The molecule has 0 heterocycles. The van der Waals surface area contributed by atoms with Gasteiger partial charge in [0.15, 0.2) is 6.29 Å². The average molecular weight is 554 g/mol. The van der Waals surface area contributed by atoms with Crippen LogP contribution in [-0.2, 0) is 14.9 Å². The van der Waals surface area contributed by atoms with Crippen molar-refractivity contribution in [1.29, 1.82) is 0 Å². The third-order valence-electron chi connectivity index (χ3n) is 10.9. The lowest BCUT2D eigenvalue weighted by atomic mass is 9.31. The van der Waals surface area contributed by atoms with Gasteiger partial charge in [0.05, 0.1) is 13.0 Å². The van der Waals surface area contributed by atoms with Crippen molar-refractivity contribution in [3.8, 4) is 0 Å². The van der Waals surface area contributed by atoms with Crippen molar-refractivity contribution < 1.29 is 19.7 Å². The van der Waals surface area contributed by atoms with Crippen molar-refractivity contribution in [2.24, 2.45) is 23.2 Å². The number of methoxy groups -OCH3 is 1. The Morgan fingerprint density at radius 3 is 2.32 bits per heavy atom. The van der Waals surface area contributed by atoms with Gasteiger partial charge in [-0.25, -0.2) is 0 Å². The molecule has 0 aliphatic heterocycles. The highest BCUT2D eigenvalue weighted by atomic mass is 16.5. The minimum Gasteiger partial charge on any atom is -0.384 e. The zero-order valence-electron chi connectivity index (χ0n) is 23.8. The Morgan fingerprint density at radius 2 is 1.66 bits per heavy atom. The maximum Gasteiger partial charge on any atom is 0.226 e. The van der Waals surface area contributed by atoms with Gasteiger partial charge in [-0.3, -0.25) is 4.79 Å². The molecule has 214 valence electrons. The van der Waals surface area contributed by atoms with Crippen LogP contribution in [0.2, 0.25) is 0 Å². The molecule has 0 saturated heterocycles. The molecule has 3 aromatic rings. The minimum absolute atomic E-state index is 0.172. The fourth-order valence-electron chi connectivity index (χ4n) is 9.15.